The van der Waals surface area contributed by atoms with Crippen LogP contribution in [0.15, 0.2) is 0 Å². The number of nitrogens with zero attached hydrogens (tertiary/aromatic N) is 2. The molecule has 0 radical (unpaired) electrons. The summed E-state index contributed by atoms with van der Waals surface area (Å²) >= 11 is 0. The molecule has 0 bridgehead atoms. The first-order valence-corrected chi connectivity index (χ1v) is 4.17. The van der Waals surface area contributed by atoms with Crippen LogP contribution < -0.4 is 0 Å². The molecule has 1 fully saturated rings. The first-order chi connectivity index (χ1) is 5.26. The molecule has 4 heteroatoms. The topological polar surface area (TPSA) is 49.8 Å². The van der Waals surface area contributed by atoms with E-state index in [-0.39, 0.29) is 0 Å². The van der Waals surface area contributed by atoms with Crippen molar-refractivity contribution in [3.05, 3.63) is 5.21 Å². The molecule has 0 spiro atoms. The fourth-order valence-corrected chi connectivity index (χ4v) is 1.90. The van der Waals surface area contributed by atoms with Gasteiger partial charge in [-0.1, -0.05) is 0 Å². The number of rotatable bonds is 0. The highest BCUT2D eigenvalue weighted by Gasteiger charge is 2.38. The molecule has 0 aromatic rings. The maximum atomic E-state index is 11.7. The van der Waals surface area contributed by atoms with Gasteiger partial charge in [-0.3, -0.25) is 0 Å². The molecule has 1 aliphatic rings. The lowest BCUT2D eigenvalue weighted by molar-refractivity contribution is -0.180. The second kappa shape index (κ2) is 2.67. The molecule has 0 atom stereocenters. The van der Waals surface area contributed by atoms with Gasteiger partial charge in [0.2, 0.25) is 0 Å². The van der Waals surface area contributed by atoms with Gasteiger partial charge >= 0.3 is 0 Å². The second-order valence-corrected chi connectivity index (χ2v) is 4.74. The van der Waals surface area contributed by atoms with Gasteiger partial charge in [0.15, 0.2) is 0 Å². The average Bonchev–Trinajstić information content (AvgIpc) is 1.80. The Kier molecular flexibility index (Phi) is 2.21. The molecule has 1 saturated heterocycles. The van der Waals surface area contributed by atoms with Crippen molar-refractivity contribution in [1.29, 1.82) is 0 Å². The monoisotopic (exact) mass is 173 g/mol. The normalized spacial score (nSPS) is 30.5. The Labute approximate surface area is 73.3 Å². The maximum Gasteiger partial charge on any atom is 0.0409 e. The third-order valence-electron chi connectivity index (χ3n) is 2.24. The minimum absolute atomic E-state index is 0.403. The predicted octanol–water partition coefficient (Wildman–Crippen LogP) is 1.05. The molecule has 0 unspecified atom stereocenters. The van der Waals surface area contributed by atoms with E-state index in [1.807, 2.05) is 27.7 Å². The van der Waals surface area contributed by atoms with Crippen molar-refractivity contribution in [2.75, 3.05) is 13.1 Å². The molecular formula is C8H17N2O2-. The highest BCUT2D eigenvalue weighted by atomic mass is 16.5. The maximum absolute atomic E-state index is 11.7. The fraction of sp³-hybridized carbons (Fsp3) is 1.00. The van der Waals surface area contributed by atoms with Crippen molar-refractivity contribution in [3.63, 3.8) is 0 Å². The van der Waals surface area contributed by atoms with Crippen molar-refractivity contribution in [1.82, 2.24) is 10.1 Å². The standard InChI is InChI=1S/C8H17N2O2/c1-7(2)5-9(11)6-8(3,4)10(7)12/h11H,5-6H2,1-4H3/q-1. The van der Waals surface area contributed by atoms with Crippen LogP contribution in [-0.4, -0.2) is 39.5 Å². The van der Waals surface area contributed by atoms with Gasteiger partial charge in [0, 0.05) is 24.2 Å². The summed E-state index contributed by atoms with van der Waals surface area (Å²) in [6.07, 6.45) is 0. The molecule has 1 N–H and O–H groups in total. The van der Waals surface area contributed by atoms with Crippen molar-refractivity contribution in [2.24, 2.45) is 0 Å². The molecule has 0 aliphatic carbocycles. The van der Waals surface area contributed by atoms with Crippen LogP contribution >= 0.6 is 0 Å². The Morgan fingerprint density at radius 2 is 1.42 bits per heavy atom. The summed E-state index contributed by atoms with van der Waals surface area (Å²) in [5.74, 6) is 0. The first-order valence-electron chi connectivity index (χ1n) is 4.17. The Morgan fingerprint density at radius 3 is 1.75 bits per heavy atom. The molecule has 1 aliphatic heterocycles. The molecule has 0 saturated carbocycles. The van der Waals surface area contributed by atoms with Crippen molar-refractivity contribution < 1.29 is 5.21 Å². The van der Waals surface area contributed by atoms with Gasteiger partial charge in [-0.15, -0.1) is 0 Å². The summed E-state index contributed by atoms with van der Waals surface area (Å²) in [5.41, 5.74) is -1.01. The van der Waals surface area contributed by atoms with Crippen LogP contribution in [0, 0.1) is 5.21 Å². The molecule has 1 heterocycles. The van der Waals surface area contributed by atoms with Crippen LogP contribution in [0.1, 0.15) is 27.7 Å². The highest BCUT2D eigenvalue weighted by molar-refractivity contribution is 4.99. The zero-order valence-corrected chi connectivity index (χ0v) is 8.16. The molecular weight excluding hydrogens is 156 g/mol. The minimum atomic E-state index is -0.503. The van der Waals surface area contributed by atoms with Gasteiger partial charge in [0.05, 0.1) is 0 Å². The third-order valence-corrected chi connectivity index (χ3v) is 2.24. The van der Waals surface area contributed by atoms with E-state index in [0.29, 0.717) is 13.1 Å². The van der Waals surface area contributed by atoms with Crippen LogP contribution in [0.3, 0.4) is 0 Å². The third kappa shape index (κ3) is 1.61. The summed E-state index contributed by atoms with van der Waals surface area (Å²) in [6, 6.07) is 0. The summed E-state index contributed by atoms with van der Waals surface area (Å²) < 4.78 is 0. The second-order valence-electron chi connectivity index (χ2n) is 4.74. The molecule has 12 heavy (non-hydrogen) atoms. The van der Waals surface area contributed by atoms with Gasteiger partial charge in [0.25, 0.3) is 0 Å². The van der Waals surface area contributed by atoms with Crippen molar-refractivity contribution in [3.8, 4) is 0 Å². The van der Waals surface area contributed by atoms with Crippen LogP contribution in [0.25, 0.3) is 0 Å². The van der Waals surface area contributed by atoms with Crippen molar-refractivity contribution in [2.45, 2.75) is 38.8 Å². The Bertz CT molecular complexity index is 162. The highest BCUT2D eigenvalue weighted by Crippen LogP contribution is 2.29. The van der Waals surface area contributed by atoms with E-state index in [0.717, 1.165) is 5.06 Å². The Hall–Kier alpha value is -0.160. The zero-order valence-electron chi connectivity index (χ0n) is 8.16. The number of hydrogen-bond donors (Lipinski definition) is 1. The number of hydroxylamine groups is 4. The average molecular weight is 173 g/mol. The summed E-state index contributed by atoms with van der Waals surface area (Å²) in [6.45, 7) is 8.16. The van der Waals surface area contributed by atoms with Gasteiger partial charge in [-0.05, 0) is 27.7 Å². The van der Waals surface area contributed by atoms with E-state index < -0.39 is 11.1 Å². The molecule has 0 aromatic carbocycles. The van der Waals surface area contributed by atoms with Gasteiger partial charge < -0.3 is 15.5 Å². The molecule has 0 amide bonds. The quantitative estimate of drug-likeness (QED) is 0.595. The van der Waals surface area contributed by atoms with E-state index in [2.05, 4.69) is 0 Å². The zero-order chi connectivity index (χ0) is 9.57. The van der Waals surface area contributed by atoms with Gasteiger partial charge in [-0.25, -0.2) is 0 Å². The largest absolute Gasteiger partial charge is 0.784 e. The first kappa shape index (κ1) is 9.92. The van der Waals surface area contributed by atoms with Gasteiger partial charge in [-0.2, -0.15) is 5.06 Å². The van der Waals surface area contributed by atoms with E-state index in [1.54, 1.807) is 0 Å². The van der Waals surface area contributed by atoms with E-state index in [9.17, 15) is 10.4 Å². The smallest absolute Gasteiger partial charge is 0.0409 e. The molecule has 72 valence electrons. The van der Waals surface area contributed by atoms with Crippen LogP contribution in [0.5, 0.6) is 0 Å². The summed E-state index contributed by atoms with van der Waals surface area (Å²) in [7, 11) is 0. The van der Waals surface area contributed by atoms with Crippen LogP contribution in [0.2, 0.25) is 0 Å². The van der Waals surface area contributed by atoms with Gasteiger partial charge in [0.1, 0.15) is 0 Å². The Morgan fingerprint density at radius 1 is 1.08 bits per heavy atom. The lowest BCUT2D eigenvalue weighted by Crippen LogP contribution is -2.65. The molecule has 4 nitrogen and oxygen atoms in total. The SMILES string of the molecule is CC1(C)CN(O)CC(C)(C)N1[O-]. The summed E-state index contributed by atoms with van der Waals surface area (Å²) in [4.78, 5) is 0. The lowest BCUT2D eigenvalue weighted by atomic mass is 9.92. The lowest BCUT2D eigenvalue weighted by Gasteiger charge is -2.59. The minimum Gasteiger partial charge on any atom is -0.784 e. The molecule has 0 aromatic heterocycles. The molecule has 1 rings (SSSR count). The van der Waals surface area contributed by atoms with Crippen LogP contribution in [0.4, 0.5) is 0 Å². The number of hydrogen-bond acceptors (Lipinski definition) is 4. The predicted molar refractivity (Wildman–Crippen MR) is 46.7 cm³/mol. The number of piperazine rings is 1. The van der Waals surface area contributed by atoms with E-state index >= 15 is 0 Å². The van der Waals surface area contributed by atoms with Crippen molar-refractivity contribution >= 4 is 0 Å². The van der Waals surface area contributed by atoms with E-state index in [1.165, 1.54) is 5.06 Å². The summed E-state index contributed by atoms with van der Waals surface area (Å²) in [5, 5.41) is 23.4. The van der Waals surface area contributed by atoms with Crippen LogP contribution in [-0.2, 0) is 0 Å². The van der Waals surface area contributed by atoms with E-state index in [4.69, 9.17) is 0 Å². The Balaban J connectivity index is 2.84. The fourth-order valence-electron chi connectivity index (χ4n) is 1.90.